The van der Waals surface area contributed by atoms with Gasteiger partial charge in [-0.15, -0.1) is 0 Å². The van der Waals surface area contributed by atoms with Crippen molar-refractivity contribution in [3.63, 3.8) is 0 Å². The van der Waals surface area contributed by atoms with E-state index < -0.39 is 0 Å². The molecule has 3 aromatic rings. The van der Waals surface area contributed by atoms with Crippen LogP contribution in [0, 0.1) is 6.92 Å². The Morgan fingerprint density at radius 1 is 0.852 bits per heavy atom. The predicted molar refractivity (Wildman–Crippen MR) is 108 cm³/mol. The molecule has 0 fully saturated rings. The molecule has 1 amide bonds. The fourth-order valence-electron chi connectivity index (χ4n) is 2.27. The maximum Gasteiger partial charge on any atom is 0.262 e. The first kappa shape index (κ1) is 19.1. The molecule has 27 heavy (non-hydrogen) atoms. The summed E-state index contributed by atoms with van der Waals surface area (Å²) >= 11 is 11.8. The van der Waals surface area contributed by atoms with Crippen LogP contribution >= 0.6 is 23.2 Å². The summed E-state index contributed by atoms with van der Waals surface area (Å²) in [5.74, 6) is 1.71. The number of anilines is 1. The van der Waals surface area contributed by atoms with Crippen LogP contribution in [0.4, 0.5) is 5.69 Å². The first-order valence-electron chi connectivity index (χ1n) is 8.22. The Morgan fingerprint density at radius 3 is 2.07 bits per heavy atom. The second-order valence-electron chi connectivity index (χ2n) is 5.85. The van der Waals surface area contributed by atoms with E-state index >= 15 is 0 Å². The van der Waals surface area contributed by atoms with E-state index in [9.17, 15) is 4.79 Å². The molecule has 0 atom stereocenters. The largest absolute Gasteiger partial charge is 0.484 e. The van der Waals surface area contributed by atoms with Crippen LogP contribution in [0.1, 0.15) is 5.56 Å². The van der Waals surface area contributed by atoms with E-state index in [1.54, 1.807) is 42.5 Å². The van der Waals surface area contributed by atoms with E-state index in [0.717, 1.165) is 5.75 Å². The van der Waals surface area contributed by atoms with Gasteiger partial charge in [0.25, 0.3) is 5.91 Å². The lowest BCUT2D eigenvalue weighted by Crippen LogP contribution is -2.20. The summed E-state index contributed by atoms with van der Waals surface area (Å²) in [7, 11) is 0. The van der Waals surface area contributed by atoms with Gasteiger partial charge in [-0.3, -0.25) is 4.79 Å². The Bertz CT molecular complexity index is 925. The number of rotatable bonds is 6. The van der Waals surface area contributed by atoms with Crippen LogP contribution in [0.15, 0.2) is 66.7 Å². The zero-order chi connectivity index (χ0) is 19.2. The van der Waals surface area contributed by atoms with E-state index in [1.165, 1.54) is 5.56 Å². The maximum atomic E-state index is 12.0. The lowest BCUT2D eigenvalue weighted by Gasteiger charge is -2.09. The molecule has 0 unspecified atom stereocenters. The summed E-state index contributed by atoms with van der Waals surface area (Å²) in [4.78, 5) is 12.0. The lowest BCUT2D eigenvalue weighted by atomic mass is 10.2. The van der Waals surface area contributed by atoms with E-state index in [-0.39, 0.29) is 12.5 Å². The maximum absolute atomic E-state index is 12.0. The van der Waals surface area contributed by atoms with Crippen LogP contribution in [0.5, 0.6) is 17.2 Å². The van der Waals surface area contributed by atoms with Crippen molar-refractivity contribution in [1.82, 2.24) is 0 Å². The first-order valence-corrected chi connectivity index (χ1v) is 8.97. The van der Waals surface area contributed by atoms with Gasteiger partial charge in [0.15, 0.2) is 6.61 Å². The van der Waals surface area contributed by atoms with E-state index in [1.807, 2.05) is 31.2 Å². The number of carbonyl (C=O) groups is 1. The molecule has 0 bridgehead atoms. The molecule has 0 spiro atoms. The summed E-state index contributed by atoms with van der Waals surface area (Å²) in [5.41, 5.74) is 1.73. The molecular weight excluding hydrogens is 385 g/mol. The van der Waals surface area contributed by atoms with Gasteiger partial charge in [0.05, 0.1) is 10.0 Å². The highest BCUT2D eigenvalue weighted by atomic mass is 35.5. The van der Waals surface area contributed by atoms with Crippen molar-refractivity contribution in [3.8, 4) is 17.2 Å². The third-order valence-electron chi connectivity index (χ3n) is 3.65. The fraction of sp³-hybridized carbons (Fsp3) is 0.0952. The Hall–Kier alpha value is -2.69. The van der Waals surface area contributed by atoms with Gasteiger partial charge in [0, 0.05) is 5.69 Å². The monoisotopic (exact) mass is 401 g/mol. The third kappa shape index (κ3) is 5.64. The molecule has 0 heterocycles. The molecule has 1 N–H and O–H groups in total. The number of amides is 1. The number of hydrogen-bond acceptors (Lipinski definition) is 3. The Kier molecular flexibility index (Phi) is 6.22. The molecule has 3 aromatic carbocycles. The highest BCUT2D eigenvalue weighted by Crippen LogP contribution is 2.26. The number of benzene rings is 3. The van der Waals surface area contributed by atoms with E-state index in [2.05, 4.69) is 5.32 Å². The molecule has 3 rings (SSSR count). The molecule has 0 aliphatic rings. The highest BCUT2D eigenvalue weighted by Gasteiger charge is 2.06. The third-order valence-corrected chi connectivity index (χ3v) is 4.39. The minimum atomic E-state index is -0.298. The molecule has 138 valence electrons. The van der Waals surface area contributed by atoms with Crippen molar-refractivity contribution < 1.29 is 14.3 Å². The standard InChI is InChI=1S/C21H17Cl2NO3/c1-14-2-5-17(6-3-14)27-18-9-7-16(8-10-18)26-13-21(25)24-15-4-11-19(22)20(23)12-15/h2-12H,13H2,1H3,(H,24,25). The van der Waals surface area contributed by atoms with Gasteiger partial charge in [-0.1, -0.05) is 40.9 Å². The van der Waals surface area contributed by atoms with Crippen LogP contribution in [-0.2, 0) is 4.79 Å². The van der Waals surface area contributed by atoms with Gasteiger partial charge >= 0.3 is 0 Å². The molecule has 0 saturated heterocycles. The van der Waals surface area contributed by atoms with Gasteiger partial charge in [-0.05, 0) is 61.5 Å². The van der Waals surface area contributed by atoms with Crippen molar-refractivity contribution in [2.24, 2.45) is 0 Å². The van der Waals surface area contributed by atoms with Crippen LogP contribution in [0.3, 0.4) is 0 Å². The summed E-state index contributed by atoms with van der Waals surface area (Å²) in [6.07, 6.45) is 0. The molecule has 0 saturated carbocycles. The number of nitrogens with one attached hydrogen (secondary N) is 1. The van der Waals surface area contributed by atoms with E-state index in [0.29, 0.717) is 27.2 Å². The molecule has 0 aliphatic heterocycles. The summed E-state index contributed by atoms with van der Waals surface area (Å²) in [6, 6.07) is 19.7. The van der Waals surface area contributed by atoms with Gasteiger partial charge in [-0.2, -0.15) is 0 Å². The van der Waals surface area contributed by atoms with Crippen LogP contribution in [0.25, 0.3) is 0 Å². The van der Waals surface area contributed by atoms with Gasteiger partial charge in [0.2, 0.25) is 0 Å². The topological polar surface area (TPSA) is 47.6 Å². The Labute approximate surface area is 167 Å². The normalized spacial score (nSPS) is 10.3. The molecule has 0 aromatic heterocycles. The average molecular weight is 402 g/mol. The number of aryl methyl sites for hydroxylation is 1. The molecular formula is C21H17Cl2NO3. The fourth-order valence-corrected chi connectivity index (χ4v) is 2.56. The van der Waals surface area contributed by atoms with Crippen molar-refractivity contribution in [2.75, 3.05) is 11.9 Å². The number of halogens is 2. The summed E-state index contributed by atoms with van der Waals surface area (Å²) < 4.78 is 11.2. The average Bonchev–Trinajstić information content (AvgIpc) is 2.66. The minimum Gasteiger partial charge on any atom is -0.484 e. The van der Waals surface area contributed by atoms with Crippen molar-refractivity contribution in [3.05, 3.63) is 82.3 Å². The van der Waals surface area contributed by atoms with Gasteiger partial charge in [0.1, 0.15) is 17.2 Å². The molecule has 4 nitrogen and oxygen atoms in total. The van der Waals surface area contributed by atoms with Crippen molar-refractivity contribution >= 4 is 34.8 Å². The second-order valence-corrected chi connectivity index (χ2v) is 6.67. The van der Waals surface area contributed by atoms with Crippen molar-refractivity contribution in [2.45, 2.75) is 6.92 Å². The highest BCUT2D eigenvalue weighted by molar-refractivity contribution is 6.42. The number of hydrogen-bond donors (Lipinski definition) is 1. The minimum absolute atomic E-state index is 0.127. The number of ether oxygens (including phenoxy) is 2. The first-order chi connectivity index (χ1) is 13.0. The van der Waals surface area contributed by atoms with E-state index in [4.69, 9.17) is 32.7 Å². The number of carbonyl (C=O) groups excluding carboxylic acids is 1. The summed E-state index contributed by atoms with van der Waals surface area (Å²) in [5, 5.41) is 3.50. The molecule has 6 heteroatoms. The Morgan fingerprint density at radius 2 is 1.44 bits per heavy atom. The lowest BCUT2D eigenvalue weighted by molar-refractivity contribution is -0.118. The second kappa shape index (κ2) is 8.80. The molecule has 0 aliphatic carbocycles. The Balaban J connectivity index is 1.51. The van der Waals surface area contributed by atoms with Crippen molar-refractivity contribution in [1.29, 1.82) is 0 Å². The SMILES string of the molecule is Cc1ccc(Oc2ccc(OCC(=O)Nc3ccc(Cl)c(Cl)c3)cc2)cc1. The van der Waals surface area contributed by atoms with Crippen LogP contribution in [0.2, 0.25) is 10.0 Å². The summed E-state index contributed by atoms with van der Waals surface area (Å²) in [6.45, 7) is 1.89. The smallest absolute Gasteiger partial charge is 0.262 e. The van der Waals surface area contributed by atoms with Crippen LogP contribution in [-0.4, -0.2) is 12.5 Å². The predicted octanol–water partition coefficient (Wildman–Crippen LogP) is 6.11. The zero-order valence-corrected chi connectivity index (χ0v) is 16.1. The van der Waals surface area contributed by atoms with Gasteiger partial charge in [-0.25, -0.2) is 0 Å². The van der Waals surface area contributed by atoms with Gasteiger partial charge < -0.3 is 14.8 Å². The zero-order valence-electron chi connectivity index (χ0n) is 14.5. The quantitative estimate of drug-likeness (QED) is 0.541. The van der Waals surface area contributed by atoms with Crippen LogP contribution < -0.4 is 14.8 Å². The molecule has 0 radical (unpaired) electrons.